The van der Waals surface area contributed by atoms with Gasteiger partial charge in [-0.1, -0.05) is 32.6 Å². The van der Waals surface area contributed by atoms with Crippen LogP contribution in [0.3, 0.4) is 0 Å². The van der Waals surface area contributed by atoms with Gasteiger partial charge in [-0.05, 0) is 30.2 Å². The molecule has 4 nitrogen and oxygen atoms in total. The van der Waals surface area contributed by atoms with Gasteiger partial charge in [0.15, 0.2) is 0 Å². The summed E-state index contributed by atoms with van der Waals surface area (Å²) in [5.41, 5.74) is 8.05. The summed E-state index contributed by atoms with van der Waals surface area (Å²) in [4.78, 5) is 2.65. The summed E-state index contributed by atoms with van der Waals surface area (Å²) in [5, 5.41) is 3.96. The van der Waals surface area contributed by atoms with E-state index in [2.05, 4.69) is 26.0 Å². The third-order valence-electron chi connectivity index (χ3n) is 1.62. The Bertz CT molecular complexity index is 380. The first-order chi connectivity index (χ1) is 7.24. The Labute approximate surface area is 101 Å². The molecule has 0 heterocycles. The van der Waals surface area contributed by atoms with Crippen LogP contribution in [0.2, 0.25) is 5.02 Å². The fourth-order valence-electron chi connectivity index (χ4n) is 0.954. The molecule has 1 rings (SSSR count). The standard InChI is InChI=1S/C9H9BrClN3O/c10-7-2-3-9(8(11)6-7)15-5-1-4-13-14-12/h2-3,6H,1,4-5H2. The SMILES string of the molecule is [N-]=[N+]=NCCCOc1ccc(Br)cc1Cl. The quantitative estimate of drug-likeness (QED) is 0.347. The lowest BCUT2D eigenvalue weighted by molar-refractivity contribution is 0.313. The predicted octanol–water partition coefficient (Wildman–Crippen LogP) is 4.18. The van der Waals surface area contributed by atoms with Crippen molar-refractivity contribution in [3.05, 3.63) is 38.1 Å². The van der Waals surface area contributed by atoms with Crippen LogP contribution in [0.4, 0.5) is 0 Å². The van der Waals surface area contributed by atoms with Gasteiger partial charge >= 0.3 is 0 Å². The van der Waals surface area contributed by atoms with Gasteiger partial charge < -0.3 is 4.74 Å². The molecule has 0 amide bonds. The summed E-state index contributed by atoms with van der Waals surface area (Å²) in [6.07, 6.45) is 0.677. The minimum atomic E-state index is 0.435. The van der Waals surface area contributed by atoms with Crippen molar-refractivity contribution in [3.63, 3.8) is 0 Å². The molecule has 1 aromatic carbocycles. The van der Waals surface area contributed by atoms with E-state index in [9.17, 15) is 0 Å². The van der Waals surface area contributed by atoms with E-state index in [0.29, 0.717) is 30.3 Å². The second kappa shape index (κ2) is 6.56. The van der Waals surface area contributed by atoms with E-state index in [1.54, 1.807) is 12.1 Å². The molecule has 0 unspecified atom stereocenters. The number of nitrogens with zero attached hydrogens (tertiary/aromatic N) is 3. The maximum Gasteiger partial charge on any atom is 0.137 e. The van der Waals surface area contributed by atoms with Crippen LogP contribution in [0.15, 0.2) is 27.8 Å². The predicted molar refractivity (Wildman–Crippen MR) is 63.3 cm³/mol. The highest BCUT2D eigenvalue weighted by Crippen LogP contribution is 2.27. The zero-order valence-corrected chi connectivity index (χ0v) is 10.2. The first-order valence-corrected chi connectivity index (χ1v) is 5.50. The van der Waals surface area contributed by atoms with E-state index in [1.807, 2.05) is 6.07 Å². The summed E-state index contributed by atoms with van der Waals surface area (Å²) in [5.74, 6) is 0.640. The first kappa shape index (κ1) is 12.2. The number of hydrogen-bond donors (Lipinski definition) is 0. The Hall–Kier alpha value is -0.900. The third kappa shape index (κ3) is 4.42. The van der Waals surface area contributed by atoms with Gasteiger partial charge in [-0.2, -0.15) is 0 Å². The van der Waals surface area contributed by atoms with Crippen LogP contribution < -0.4 is 4.74 Å². The molecular formula is C9H9BrClN3O. The Morgan fingerprint density at radius 1 is 1.53 bits per heavy atom. The van der Waals surface area contributed by atoms with E-state index in [1.165, 1.54) is 0 Å². The van der Waals surface area contributed by atoms with E-state index in [-0.39, 0.29) is 0 Å². The maximum absolute atomic E-state index is 8.05. The highest BCUT2D eigenvalue weighted by molar-refractivity contribution is 9.10. The molecule has 0 spiro atoms. The summed E-state index contributed by atoms with van der Waals surface area (Å²) >= 11 is 9.24. The number of rotatable bonds is 5. The Morgan fingerprint density at radius 3 is 3.00 bits per heavy atom. The van der Waals surface area contributed by atoms with Gasteiger partial charge in [0.05, 0.1) is 11.6 Å². The summed E-state index contributed by atoms with van der Waals surface area (Å²) in [7, 11) is 0. The zero-order chi connectivity index (χ0) is 11.1. The van der Waals surface area contributed by atoms with E-state index in [0.717, 1.165) is 4.47 Å². The second-order valence-electron chi connectivity index (χ2n) is 2.73. The highest BCUT2D eigenvalue weighted by atomic mass is 79.9. The Kier molecular flexibility index (Phi) is 5.32. The van der Waals surface area contributed by atoms with Crippen molar-refractivity contribution >= 4 is 27.5 Å². The van der Waals surface area contributed by atoms with E-state index < -0.39 is 0 Å². The lowest BCUT2D eigenvalue weighted by atomic mass is 10.3. The molecule has 0 saturated heterocycles. The lowest BCUT2D eigenvalue weighted by Crippen LogP contribution is -1.99. The van der Waals surface area contributed by atoms with Crippen LogP contribution >= 0.6 is 27.5 Å². The molecule has 0 aliphatic rings. The minimum absolute atomic E-state index is 0.435. The van der Waals surface area contributed by atoms with Crippen LogP contribution in [-0.4, -0.2) is 13.2 Å². The number of hydrogen-bond acceptors (Lipinski definition) is 2. The second-order valence-corrected chi connectivity index (χ2v) is 4.05. The van der Waals surface area contributed by atoms with Crippen LogP contribution in [0.5, 0.6) is 5.75 Å². The fraction of sp³-hybridized carbons (Fsp3) is 0.333. The van der Waals surface area contributed by atoms with Crippen LogP contribution in [0, 0.1) is 0 Å². The lowest BCUT2D eigenvalue weighted by Gasteiger charge is -2.06. The van der Waals surface area contributed by atoms with Crippen molar-refractivity contribution < 1.29 is 4.74 Å². The summed E-state index contributed by atoms with van der Waals surface area (Å²) < 4.78 is 6.31. The molecular weight excluding hydrogens is 281 g/mol. The molecule has 6 heteroatoms. The average Bonchev–Trinajstić information content (AvgIpc) is 2.20. The van der Waals surface area contributed by atoms with Gasteiger partial charge in [0.1, 0.15) is 5.75 Å². The van der Waals surface area contributed by atoms with Crippen molar-refractivity contribution in [2.75, 3.05) is 13.2 Å². The monoisotopic (exact) mass is 289 g/mol. The van der Waals surface area contributed by atoms with Gasteiger partial charge in [-0.25, -0.2) is 0 Å². The molecule has 0 radical (unpaired) electrons. The van der Waals surface area contributed by atoms with E-state index >= 15 is 0 Å². The zero-order valence-electron chi connectivity index (χ0n) is 7.86. The molecule has 0 aliphatic heterocycles. The normalized spacial score (nSPS) is 9.47. The van der Waals surface area contributed by atoms with Crippen LogP contribution in [0.1, 0.15) is 6.42 Å². The number of ether oxygens (including phenoxy) is 1. The van der Waals surface area contributed by atoms with Crippen LogP contribution in [-0.2, 0) is 0 Å². The molecule has 15 heavy (non-hydrogen) atoms. The largest absolute Gasteiger partial charge is 0.492 e. The van der Waals surface area contributed by atoms with Crippen LogP contribution in [0.25, 0.3) is 10.4 Å². The molecule has 0 saturated carbocycles. The van der Waals surface area contributed by atoms with Crippen molar-refractivity contribution in [3.8, 4) is 5.75 Å². The van der Waals surface area contributed by atoms with Crippen molar-refractivity contribution in [1.29, 1.82) is 0 Å². The minimum Gasteiger partial charge on any atom is -0.492 e. The number of benzene rings is 1. The van der Waals surface area contributed by atoms with Gasteiger partial charge in [-0.3, -0.25) is 0 Å². The average molecular weight is 291 g/mol. The van der Waals surface area contributed by atoms with Gasteiger partial charge in [0, 0.05) is 15.9 Å². The fourth-order valence-corrected chi connectivity index (χ4v) is 1.68. The Balaban J connectivity index is 2.40. The van der Waals surface area contributed by atoms with Crippen molar-refractivity contribution in [2.24, 2.45) is 5.11 Å². The summed E-state index contributed by atoms with van der Waals surface area (Å²) in [6.45, 7) is 0.922. The van der Waals surface area contributed by atoms with Crippen molar-refractivity contribution in [1.82, 2.24) is 0 Å². The Morgan fingerprint density at radius 2 is 2.33 bits per heavy atom. The first-order valence-electron chi connectivity index (χ1n) is 4.33. The molecule has 0 bridgehead atoms. The topological polar surface area (TPSA) is 58.0 Å². The molecule has 80 valence electrons. The molecule has 0 N–H and O–H groups in total. The van der Waals surface area contributed by atoms with E-state index in [4.69, 9.17) is 21.9 Å². The third-order valence-corrected chi connectivity index (χ3v) is 2.41. The molecule has 0 aromatic heterocycles. The highest BCUT2D eigenvalue weighted by Gasteiger charge is 2.01. The maximum atomic E-state index is 8.05. The molecule has 0 fully saturated rings. The summed E-state index contributed by atoms with van der Waals surface area (Å²) in [6, 6.07) is 5.42. The molecule has 0 aliphatic carbocycles. The number of halogens is 2. The van der Waals surface area contributed by atoms with Gasteiger partial charge in [0.25, 0.3) is 0 Å². The van der Waals surface area contributed by atoms with Gasteiger partial charge in [-0.15, -0.1) is 0 Å². The van der Waals surface area contributed by atoms with Crippen molar-refractivity contribution in [2.45, 2.75) is 6.42 Å². The smallest absolute Gasteiger partial charge is 0.137 e. The number of azide groups is 1. The van der Waals surface area contributed by atoms with Gasteiger partial charge in [0.2, 0.25) is 0 Å². The molecule has 0 atom stereocenters. The molecule has 1 aromatic rings.